The van der Waals surface area contributed by atoms with Gasteiger partial charge in [0.25, 0.3) is 0 Å². The molecule has 1 aliphatic carbocycles. The number of aliphatic hydroxyl groups is 1. The van der Waals surface area contributed by atoms with Crippen molar-refractivity contribution in [1.82, 2.24) is 5.32 Å². The number of hydrogen-bond acceptors (Lipinski definition) is 3. The van der Waals surface area contributed by atoms with E-state index in [1.807, 2.05) is 6.07 Å². The first-order chi connectivity index (χ1) is 9.24. The Hall–Kier alpha value is -1.06. The Labute approximate surface area is 116 Å². The van der Waals surface area contributed by atoms with Crippen LogP contribution < -0.4 is 10.1 Å². The summed E-state index contributed by atoms with van der Waals surface area (Å²) in [6.45, 7) is 2.79. The van der Waals surface area contributed by atoms with Gasteiger partial charge < -0.3 is 15.2 Å². The molecule has 0 radical (unpaired) electrons. The Morgan fingerprint density at radius 1 is 1.47 bits per heavy atom. The van der Waals surface area contributed by atoms with Gasteiger partial charge in [-0.25, -0.2) is 0 Å². The van der Waals surface area contributed by atoms with Gasteiger partial charge in [-0.2, -0.15) is 0 Å². The number of aliphatic hydroxyl groups excluding tert-OH is 1. The predicted molar refractivity (Wildman–Crippen MR) is 77.6 cm³/mol. The first-order valence-electron chi connectivity index (χ1n) is 7.32. The molecule has 1 aromatic rings. The Morgan fingerprint density at radius 2 is 2.32 bits per heavy atom. The van der Waals surface area contributed by atoms with Gasteiger partial charge in [-0.05, 0) is 48.9 Å². The highest BCUT2D eigenvalue weighted by Crippen LogP contribution is 2.32. The van der Waals surface area contributed by atoms with Crippen molar-refractivity contribution in [3.63, 3.8) is 0 Å². The van der Waals surface area contributed by atoms with Crippen molar-refractivity contribution in [2.75, 3.05) is 13.7 Å². The summed E-state index contributed by atoms with van der Waals surface area (Å²) in [7, 11) is 1.71. The minimum Gasteiger partial charge on any atom is -0.497 e. The third-order valence-electron chi connectivity index (χ3n) is 3.89. The molecule has 2 N–H and O–H groups in total. The number of benzene rings is 1. The lowest BCUT2D eigenvalue weighted by molar-refractivity contribution is 0.155. The molecular formula is C16H25NO2. The van der Waals surface area contributed by atoms with Crippen LogP contribution in [-0.2, 0) is 6.42 Å². The highest BCUT2D eigenvalue weighted by atomic mass is 16.5. The highest BCUT2D eigenvalue weighted by Gasteiger charge is 2.20. The van der Waals surface area contributed by atoms with Crippen molar-refractivity contribution in [2.24, 2.45) is 0 Å². The number of aryl methyl sites for hydroxylation is 1. The average Bonchev–Trinajstić information content (AvgIpc) is 2.44. The zero-order chi connectivity index (χ0) is 13.7. The van der Waals surface area contributed by atoms with Gasteiger partial charge in [-0.15, -0.1) is 0 Å². The summed E-state index contributed by atoms with van der Waals surface area (Å²) in [5, 5.41) is 13.3. The van der Waals surface area contributed by atoms with Crippen molar-refractivity contribution in [3.8, 4) is 5.75 Å². The number of ether oxygens (including phenoxy) is 1. The van der Waals surface area contributed by atoms with E-state index in [1.165, 1.54) is 17.5 Å². The third kappa shape index (κ3) is 3.71. The maximum Gasteiger partial charge on any atom is 0.119 e. The Morgan fingerprint density at radius 3 is 3.05 bits per heavy atom. The van der Waals surface area contributed by atoms with Crippen LogP contribution in [0.4, 0.5) is 0 Å². The summed E-state index contributed by atoms with van der Waals surface area (Å²) < 4.78 is 5.29. The van der Waals surface area contributed by atoms with Crippen LogP contribution in [0.15, 0.2) is 18.2 Å². The predicted octanol–water partition coefficient (Wildman–Crippen LogP) is 2.82. The second kappa shape index (κ2) is 6.92. The molecule has 0 aromatic heterocycles. The van der Waals surface area contributed by atoms with Gasteiger partial charge in [0.15, 0.2) is 0 Å². The van der Waals surface area contributed by atoms with E-state index in [-0.39, 0.29) is 6.10 Å². The maximum atomic E-state index is 9.83. The number of hydrogen-bond donors (Lipinski definition) is 2. The summed E-state index contributed by atoms with van der Waals surface area (Å²) in [5.74, 6) is 0.936. The monoisotopic (exact) mass is 263 g/mol. The molecule has 0 fully saturated rings. The van der Waals surface area contributed by atoms with E-state index in [4.69, 9.17) is 4.74 Å². The fourth-order valence-corrected chi connectivity index (χ4v) is 2.84. The van der Waals surface area contributed by atoms with E-state index in [0.717, 1.165) is 31.4 Å². The van der Waals surface area contributed by atoms with E-state index in [2.05, 4.69) is 24.4 Å². The summed E-state index contributed by atoms with van der Waals surface area (Å²) in [5.41, 5.74) is 2.75. The van der Waals surface area contributed by atoms with Crippen LogP contribution in [0.1, 0.15) is 49.8 Å². The van der Waals surface area contributed by atoms with Gasteiger partial charge in [0.2, 0.25) is 0 Å². The lowest BCUT2D eigenvalue weighted by atomic mass is 9.87. The second-order valence-electron chi connectivity index (χ2n) is 5.36. The SMILES string of the molecule is CCCC(O)CNC1CCCc2cc(OC)ccc21. The molecule has 3 nitrogen and oxygen atoms in total. The molecular weight excluding hydrogens is 238 g/mol. The van der Waals surface area contributed by atoms with Crippen LogP contribution in [0.2, 0.25) is 0 Å². The van der Waals surface area contributed by atoms with Crippen molar-refractivity contribution in [3.05, 3.63) is 29.3 Å². The molecule has 0 heterocycles. The quantitative estimate of drug-likeness (QED) is 0.829. The van der Waals surface area contributed by atoms with Gasteiger partial charge in [-0.3, -0.25) is 0 Å². The summed E-state index contributed by atoms with van der Waals surface area (Å²) in [4.78, 5) is 0. The molecule has 2 unspecified atom stereocenters. The van der Waals surface area contributed by atoms with Gasteiger partial charge >= 0.3 is 0 Å². The average molecular weight is 263 g/mol. The molecule has 3 heteroatoms. The van der Waals surface area contributed by atoms with E-state index in [1.54, 1.807) is 7.11 Å². The fourth-order valence-electron chi connectivity index (χ4n) is 2.84. The molecule has 106 valence electrons. The normalized spacial score (nSPS) is 19.8. The van der Waals surface area contributed by atoms with Gasteiger partial charge in [0.05, 0.1) is 13.2 Å². The summed E-state index contributed by atoms with van der Waals surface area (Å²) >= 11 is 0. The Kier molecular flexibility index (Phi) is 5.23. The van der Waals surface area contributed by atoms with Crippen LogP contribution in [0, 0.1) is 0 Å². The van der Waals surface area contributed by atoms with Crippen molar-refractivity contribution >= 4 is 0 Å². The fraction of sp³-hybridized carbons (Fsp3) is 0.625. The molecule has 0 saturated heterocycles. The van der Waals surface area contributed by atoms with E-state index < -0.39 is 0 Å². The molecule has 0 saturated carbocycles. The zero-order valence-corrected chi connectivity index (χ0v) is 12.0. The molecule has 1 aromatic carbocycles. The largest absolute Gasteiger partial charge is 0.497 e. The zero-order valence-electron chi connectivity index (χ0n) is 12.0. The summed E-state index contributed by atoms with van der Waals surface area (Å²) in [6, 6.07) is 6.71. The van der Waals surface area contributed by atoms with E-state index >= 15 is 0 Å². The van der Waals surface area contributed by atoms with Crippen LogP contribution in [0.5, 0.6) is 5.75 Å². The topological polar surface area (TPSA) is 41.5 Å². The lowest BCUT2D eigenvalue weighted by Crippen LogP contribution is -2.32. The smallest absolute Gasteiger partial charge is 0.119 e. The molecule has 2 rings (SSSR count). The van der Waals surface area contributed by atoms with Crippen molar-refractivity contribution in [2.45, 2.75) is 51.2 Å². The van der Waals surface area contributed by atoms with Gasteiger partial charge in [-0.1, -0.05) is 19.4 Å². The number of rotatable bonds is 6. The van der Waals surface area contributed by atoms with E-state index in [0.29, 0.717) is 12.6 Å². The Balaban J connectivity index is 2.01. The molecule has 1 aliphatic rings. The van der Waals surface area contributed by atoms with E-state index in [9.17, 15) is 5.11 Å². The van der Waals surface area contributed by atoms with Crippen LogP contribution in [0.25, 0.3) is 0 Å². The van der Waals surface area contributed by atoms with Gasteiger partial charge in [0, 0.05) is 12.6 Å². The first-order valence-corrected chi connectivity index (χ1v) is 7.32. The molecule has 19 heavy (non-hydrogen) atoms. The Bertz CT molecular complexity index is 406. The molecule has 0 spiro atoms. The molecule has 0 bridgehead atoms. The lowest BCUT2D eigenvalue weighted by Gasteiger charge is -2.27. The standard InChI is InChI=1S/C16H25NO2/c1-3-5-13(18)11-17-16-7-4-6-12-10-14(19-2)8-9-15(12)16/h8-10,13,16-18H,3-7,11H2,1-2H3. The molecule has 0 aliphatic heterocycles. The highest BCUT2D eigenvalue weighted by molar-refractivity contribution is 5.39. The summed E-state index contributed by atoms with van der Waals surface area (Å²) in [6.07, 6.45) is 5.15. The van der Waals surface area contributed by atoms with Crippen LogP contribution >= 0.6 is 0 Å². The third-order valence-corrected chi connectivity index (χ3v) is 3.89. The minimum absolute atomic E-state index is 0.228. The van der Waals surface area contributed by atoms with Gasteiger partial charge in [0.1, 0.15) is 5.75 Å². The number of nitrogens with one attached hydrogen (secondary N) is 1. The van der Waals surface area contributed by atoms with Crippen molar-refractivity contribution < 1.29 is 9.84 Å². The number of methoxy groups -OCH3 is 1. The number of fused-ring (bicyclic) bond motifs is 1. The molecule has 0 amide bonds. The minimum atomic E-state index is -0.228. The van der Waals surface area contributed by atoms with Crippen LogP contribution in [-0.4, -0.2) is 24.9 Å². The van der Waals surface area contributed by atoms with Crippen molar-refractivity contribution in [1.29, 1.82) is 0 Å². The second-order valence-corrected chi connectivity index (χ2v) is 5.36. The maximum absolute atomic E-state index is 9.83. The first kappa shape index (κ1) is 14.4. The molecule has 2 atom stereocenters. The van der Waals surface area contributed by atoms with Crippen LogP contribution in [0.3, 0.4) is 0 Å².